The van der Waals surface area contributed by atoms with Crippen LogP contribution >= 0.6 is 8.95 Å². The van der Waals surface area contributed by atoms with Crippen molar-refractivity contribution in [2.24, 2.45) is 0 Å². The first-order chi connectivity index (χ1) is 18.2. The first-order valence-corrected chi connectivity index (χ1v) is 21.7. The predicted octanol–water partition coefficient (Wildman–Crippen LogP) is 5.74. The van der Waals surface area contributed by atoms with Crippen molar-refractivity contribution in [3.05, 3.63) is 126 Å². The molecule has 0 aliphatic rings. The second-order valence-corrected chi connectivity index (χ2v) is 24.6. The third-order valence-electron chi connectivity index (χ3n) is 6.85. The summed E-state index contributed by atoms with van der Waals surface area (Å²) in [5.74, 6) is 0. The molecule has 1 heterocycles. The quantitative estimate of drug-likeness (QED) is 0.115. The van der Waals surface area contributed by atoms with Crippen LogP contribution in [0.4, 0.5) is 0 Å². The van der Waals surface area contributed by atoms with Gasteiger partial charge in [-0.3, -0.25) is 0 Å². The Kier molecular flexibility index (Phi) is 8.47. The van der Waals surface area contributed by atoms with E-state index >= 15 is 0 Å². The van der Waals surface area contributed by atoms with Crippen molar-refractivity contribution in [1.29, 1.82) is 0 Å². The Balaban J connectivity index is 1.76. The molecule has 4 aromatic carbocycles. The maximum atomic E-state index is 13.8. The fraction of sp³-hybridized carbons (Fsp3) is 0.188. The normalized spacial score (nSPS) is 11.6. The van der Waals surface area contributed by atoms with Gasteiger partial charge < -0.3 is 0 Å². The minimum atomic E-state index is -3.73. The number of benzene rings is 4. The van der Waals surface area contributed by atoms with Crippen LogP contribution in [0, 0.1) is 0 Å². The molecule has 37 heavy (non-hydrogen) atoms. The summed E-state index contributed by atoms with van der Waals surface area (Å²) in [5, 5.41) is 1.54. The zero-order valence-electron chi connectivity index (χ0n) is 21.2. The molecule has 1 aromatic heterocycles. The minimum absolute atomic E-state index is 0.0685. The van der Waals surface area contributed by atoms with Gasteiger partial charge in [-0.25, -0.2) is 0 Å². The monoisotopic (exact) mass is 612 g/mol. The molecule has 186 valence electrons. The van der Waals surface area contributed by atoms with Crippen LogP contribution < -0.4 is 16.3 Å². The van der Waals surface area contributed by atoms with E-state index in [-0.39, 0.29) is 5.56 Å². The Bertz CT molecular complexity index is 1410. The molecule has 0 fully saturated rings. The molecule has 0 bridgehead atoms. The van der Waals surface area contributed by atoms with Crippen LogP contribution in [0.3, 0.4) is 0 Å². The number of aromatic nitrogens is 2. The Morgan fingerprint density at radius 1 is 0.676 bits per heavy atom. The number of unbranched alkanes of at least 4 members (excludes halogenated alkanes) is 3. The van der Waals surface area contributed by atoms with Gasteiger partial charge in [0.25, 0.3) is 0 Å². The van der Waals surface area contributed by atoms with Gasteiger partial charge in [-0.05, 0) is 0 Å². The second kappa shape index (κ2) is 12.1. The third-order valence-corrected chi connectivity index (χ3v) is 26.4. The SMILES string of the molecule is CCCCCCn1c([S][Sn]([c]2ccccc2)([c]2ccccc2)[c]2ccccc2)nc2ccccc2c1=O. The molecule has 0 aliphatic carbocycles. The number of fused-ring (bicyclic) bond motifs is 1. The van der Waals surface area contributed by atoms with Crippen molar-refractivity contribution in [3.63, 3.8) is 0 Å². The Labute approximate surface area is 225 Å². The van der Waals surface area contributed by atoms with Crippen molar-refractivity contribution >= 4 is 47.6 Å². The average molecular weight is 611 g/mol. The molecule has 0 N–H and O–H groups in total. The van der Waals surface area contributed by atoms with E-state index in [1.54, 1.807) is 0 Å². The van der Waals surface area contributed by atoms with Crippen LogP contribution in [-0.2, 0) is 6.54 Å². The molecule has 0 atom stereocenters. The molecule has 0 aliphatic heterocycles. The van der Waals surface area contributed by atoms with E-state index in [0.29, 0.717) is 11.9 Å². The molecule has 5 heteroatoms. The fourth-order valence-corrected chi connectivity index (χ4v) is 24.0. The van der Waals surface area contributed by atoms with Crippen molar-refractivity contribution in [2.45, 2.75) is 44.3 Å². The summed E-state index contributed by atoms with van der Waals surface area (Å²) in [6, 6.07) is 40.5. The van der Waals surface area contributed by atoms with Crippen LogP contribution in [0.2, 0.25) is 0 Å². The summed E-state index contributed by atoms with van der Waals surface area (Å²) in [6.45, 7) is 2.91. The summed E-state index contributed by atoms with van der Waals surface area (Å²) in [4.78, 5) is 19.0. The van der Waals surface area contributed by atoms with Crippen LogP contribution in [-0.4, -0.2) is 26.5 Å². The molecule has 0 saturated heterocycles. The van der Waals surface area contributed by atoms with Gasteiger partial charge in [0.2, 0.25) is 0 Å². The molecule has 0 radical (unpaired) electrons. The van der Waals surface area contributed by atoms with Gasteiger partial charge in [-0.1, -0.05) is 0 Å². The van der Waals surface area contributed by atoms with Crippen LogP contribution in [0.5, 0.6) is 0 Å². The summed E-state index contributed by atoms with van der Waals surface area (Å²) in [5.41, 5.74) is 0.841. The summed E-state index contributed by atoms with van der Waals surface area (Å²) >= 11 is -3.73. The molecular formula is C32H32N2OSSn. The number of hydrogen-bond acceptors (Lipinski definition) is 3. The summed E-state index contributed by atoms with van der Waals surface area (Å²) in [7, 11) is 1.88. The van der Waals surface area contributed by atoms with E-state index in [9.17, 15) is 4.79 Å². The Morgan fingerprint density at radius 3 is 1.73 bits per heavy atom. The topological polar surface area (TPSA) is 34.9 Å². The van der Waals surface area contributed by atoms with E-state index in [2.05, 4.69) is 97.9 Å². The maximum absolute atomic E-state index is 13.8. The van der Waals surface area contributed by atoms with E-state index < -0.39 is 17.0 Å². The van der Waals surface area contributed by atoms with Crippen LogP contribution in [0.1, 0.15) is 32.6 Å². The molecule has 5 aromatic rings. The number of rotatable bonds is 10. The van der Waals surface area contributed by atoms with Gasteiger partial charge in [-0.15, -0.1) is 0 Å². The van der Waals surface area contributed by atoms with E-state index in [4.69, 9.17) is 4.98 Å². The van der Waals surface area contributed by atoms with Gasteiger partial charge in [0.15, 0.2) is 0 Å². The van der Waals surface area contributed by atoms with Crippen molar-refractivity contribution in [1.82, 2.24) is 9.55 Å². The third kappa shape index (κ3) is 5.41. The fourth-order valence-electron chi connectivity index (χ4n) is 4.95. The zero-order valence-corrected chi connectivity index (χ0v) is 24.9. The van der Waals surface area contributed by atoms with Crippen molar-refractivity contribution in [2.75, 3.05) is 0 Å². The van der Waals surface area contributed by atoms with Gasteiger partial charge in [0.05, 0.1) is 0 Å². The van der Waals surface area contributed by atoms with Gasteiger partial charge in [0.1, 0.15) is 0 Å². The first-order valence-electron chi connectivity index (χ1n) is 13.1. The van der Waals surface area contributed by atoms with Crippen LogP contribution in [0.15, 0.2) is 125 Å². The summed E-state index contributed by atoms with van der Waals surface area (Å²) in [6.07, 6.45) is 4.44. The van der Waals surface area contributed by atoms with Crippen LogP contribution in [0.25, 0.3) is 10.9 Å². The Hall–Kier alpha value is -2.83. The molecule has 0 saturated carbocycles. The molecule has 0 amide bonds. The summed E-state index contributed by atoms with van der Waals surface area (Å²) < 4.78 is 6.04. The van der Waals surface area contributed by atoms with Gasteiger partial charge in [0, 0.05) is 0 Å². The van der Waals surface area contributed by atoms with Crippen molar-refractivity contribution in [3.8, 4) is 0 Å². The number of para-hydroxylation sites is 1. The van der Waals surface area contributed by atoms with Gasteiger partial charge in [-0.2, -0.15) is 0 Å². The molecular weight excluding hydrogens is 579 g/mol. The first kappa shape index (κ1) is 25.8. The Morgan fingerprint density at radius 2 is 1.19 bits per heavy atom. The van der Waals surface area contributed by atoms with E-state index in [1.807, 2.05) is 37.8 Å². The number of nitrogens with zero attached hydrogens (tertiary/aromatic N) is 2. The predicted molar refractivity (Wildman–Crippen MR) is 160 cm³/mol. The zero-order chi connectivity index (χ0) is 25.5. The van der Waals surface area contributed by atoms with Gasteiger partial charge >= 0.3 is 227 Å². The molecule has 0 spiro atoms. The molecule has 0 unspecified atom stereocenters. The second-order valence-electron chi connectivity index (χ2n) is 9.31. The standard InChI is InChI=1S/C14H18N2OS.3C6H5.Sn/c1-2-3-4-7-10-16-13(17)11-8-5-6-9-12(11)15-14(16)18;3*1-2-4-6-5-3-1;/h5-6,8-9H,2-4,7,10H2,1H3,(H,15,18);3*1-5H;/q;;;;+1/p-1. The average Bonchev–Trinajstić information content (AvgIpc) is 2.96. The molecule has 5 rings (SSSR count). The molecule has 3 nitrogen and oxygen atoms in total. The van der Waals surface area contributed by atoms with Crippen molar-refractivity contribution < 1.29 is 0 Å². The number of hydrogen-bond donors (Lipinski definition) is 0. The van der Waals surface area contributed by atoms with E-state index in [1.165, 1.54) is 23.6 Å². The van der Waals surface area contributed by atoms with E-state index in [0.717, 1.165) is 23.5 Å².